The normalized spacial score (nSPS) is 18.5. The van der Waals surface area contributed by atoms with E-state index in [4.69, 9.17) is 9.73 Å². The van der Waals surface area contributed by atoms with Gasteiger partial charge in [0.1, 0.15) is 0 Å². The van der Waals surface area contributed by atoms with Crippen molar-refractivity contribution in [2.75, 3.05) is 64.4 Å². The minimum absolute atomic E-state index is 0.174. The summed E-state index contributed by atoms with van der Waals surface area (Å²) in [6.07, 6.45) is 8.74. The van der Waals surface area contributed by atoms with Gasteiger partial charge in [-0.2, -0.15) is 0 Å². The average Bonchev–Trinajstić information content (AvgIpc) is 2.78. The van der Waals surface area contributed by atoms with Crippen LogP contribution in [0.15, 0.2) is 23.5 Å². The van der Waals surface area contributed by atoms with E-state index >= 15 is 0 Å². The lowest BCUT2D eigenvalue weighted by molar-refractivity contribution is -0.131. The molecule has 2 aliphatic rings. The van der Waals surface area contributed by atoms with E-state index < -0.39 is 0 Å². The summed E-state index contributed by atoms with van der Waals surface area (Å²) in [6, 6.07) is 1.81. The fourth-order valence-corrected chi connectivity index (χ4v) is 4.13. The maximum absolute atomic E-state index is 12.6. The standard InChI is InChI=1S/C22H37N7O2/c1-3-23-20(27-18-22(7-4-8-22)9-17-31-2)24-12-6-19(30)28-13-15-29(16-14-28)21-25-10-5-11-26-21/h5,10-11H,3-4,6-9,12-18H2,1-2H3,(H2,23,24,27). The first-order valence-electron chi connectivity index (χ1n) is 11.5. The number of carbonyl (C=O) groups is 1. The van der Waals surface area contributed by atoms with Crippen molar-refractivity contribution in [3.8, 4) is 0 Å². The third-order valence-corrected chi connectivity index (χ3v) is 6.27. The van der Waals surface area contributed by atoms with Crippen LogP contribution in [0.2, 0.25) is 0 Å². The topological polar surface area (TPSA) is 95.0 Å². The van der Waals surface area contributed by atoms with Crippen molar-refractivity contribution in [3.05, 3.63) is 18.5 Å². The molecule has 0 bridgehead atoms. The summed E-state index contributed by atoms with van der Waals surface area (Å²) in [7, 11) is 1.76. The molecule has 9 heteroatoms. The zero-order chi connectivity index (χ0) is 21.9. The highest BCUT2D eigenvalue weighted by atomic mass is 16.5. The first kappa shape index (κ1) is 23.2. The van der Waals surface area contributed by atoms with E-state index in [-0.39, 0.29) is 11.3 Å². The van der Waals surface area contributed by atoms with Gasteiger partial charge in [0.2, 0.25) is 11.9 Å². The Hall–Kier alpha value is -2.42. The summed E-state index contributed by atoms with van der Waals surface area (Å²) in [4.78, 5) is 30.1. The summed E-state index contributed by atoms with van der Waals surface area (Å²) < 4.78 is 5.28. The number of ether oxygens (including phenoxy) is 1. The van der Waals surface area contributed by atoms with Gasteiger partial charge >= 0.3 is 0 Å². The van der Waals surface area contributed by atoms with E-state index in [0.29, 0.717) is 26.1 Å². The molecule has 1 saturated carbocycles. The SMILES string of the molecule is CCNC(=NCC1(CCOC)CCC1)NCCC(=O)N1CCN(c2ncccn2)CC1. The molecule has 0 unspecified atom stereocenters. The summed E-state index contributed by atoms with van der Waals surface area (Å²) in [6.45, 7) is 7.96. The Morgan fingerprint density at radius 2 is 1.94 bits per heavy atom. The lowest BCUT2D eigenvalue weighted by atomic mass is 9.67. The molecule has 0 atom stereocenters. The Labute approximate surface area is 185 Å². The number of carbonyl (C=O) groups excluding carboxylic acids is 1. The van der Waals surface area contributed by atoms with Gasteiger partial charge in [-0.25, -0.2) is 9.97 Å². The number of nitrogens with zero attached hydrogens (tertiary/aromatic N) is 5. The molecule has 0 aromatic carbocycles. The van der Waals surface area contributed by atoms with Gasteiger partial charge in [0.05, 0.1) is 0 Å². The van der Waals surface area contributed by atoms with Crippen LogP contribution in [0.1, 0.15) is 39.0 Å². The van der Waals surface area contributed by atoms with Crippen LogP contribution in [0.5, 0.6) is 0 Å². The summed E-state index contributed by atoms with van der Waals surface area (Å²) in [5.74, 6) is 1.70. The molecule has 2 fully saturated rings. The van der Waals surface area contributed by atoms with Crippen molar-refractivity contribution in [1.29, 1.82) is 0 Å². The molecule has 31 heavy (non-hydrogen) atoms. The average molecular weight is 432 g/mol. The summed E-state index contributed by atoms with van der Waals surface area (Å²) in [5.41, 5.74) is 0.288. The van der Waals surface area contributed by atoms with Gasteiger partial charge in [0, 0.05) is 78.3 Å². The highest BCUT2D eigenvalue weighted by molar-refractivity contribution is 5.81. The Morgan fingerprint density at radius 3 is 2.55 bits per heavy atom. The molecule has 1 aromatic heterocycles. The zero-order valence-electron chi connectivity index (χ0n) is 19.0. The number of aromatic nitrogens is 2. The molecule has 0 spiro atoms. The maximum Gasteiger partial charge on any atom is 0.225 e. The number of nitrogens with one attached hydrogen (secondary N) is 2. The molecule has 1 aliphatic carbocycles. The first-order chi connectivity index (χ1) is 15.2. The Bertz CT molecular complexity index is 701. The third-order valence-electron chi connectivity index (χ3n) is 6.27. The van der Waals surface area contributed by atoms with Gasteiger partial charge in [-0.3, -0.25) is 9.79 Å². The Kier molecular flexibility index (Phi) is 8.87. The number of amides is 1. The predicted molar refractivity (Wildman–Crippen MR) is 122 cm³/mol. The van der Waals surface area contributed by atoms with E-state index in [9.17, 15) is 4.79 Å². The lowest BCUT2D eigenvalue weighted by Gasteiger charge is -2.40. The molecule has 1 aromatic rings. The molecule has 0 radical (unpaired) electrons. The highest BCUT2D eigenvalue weighted by Gasteiger charge is 2.36. The van der Waals surface area contributed by atoms with Crippen LogP contribution < -0.4 is 15.5 Å². The smallest absolute Gasteiger partial charge is 0.225 e. The van der Waals surface area contributed by atoms with Crippen LogP contribution in [0.25, 0.3) is 0 Å². The van der Waals surface area contributed by atoms with Crippen LogP contribution in [-0.2, 0) is 9.53 Å². The second kappa shape index (κ2) is 11.8. The van der Waals surface area contributed by atoms with E-state index in [1.54, 1.807) is 19.5 Å². The summed E-state index contributed by atoms with van der Waals surface area (Å²) >= 11 is 0. The second-order valence-corrected chi connectivity index (χ2v) is 8.38. The van der Waals surface area contributed by atoms with Gasteiger partial charge in [0.15, 0.2) is 5.96 Å². The van der Waals surface area contributed by atoms with Crippen LogP contribution >= 0.6 is 0 Å². The Morgan fingerprint density at radius 1 is 1.19 bits per heavy atom. The molecule has 3 rings (SSSR count). The quantitative estimate of drug-likeness (QED) is 0.426. The van der Waals surface area contributed by atoms with E-state index in [1.165, 1.54) is 19.3 Å². The zero-order valence-corrected chi connectivity index (χ0v) is 19.0. The highest BCUT2D eigenvalue weighted by Crippen LogP contribution is 2.44. The minimum Gasteiger partial charge on any atom is -0.385 e. The molecule has 1 saturated heterocycles. The van der Waals surface area contributed by atoms with Gasteiger partial charge in [-0.15, -0.1) is 0 Å². The number of rotatable bonds is 10. The fourth-order valence-electron chi connectivity index (χ4n) is 4.13. The largest absolute Gasteiger partial charge is 0.385 e. The van der Waals surface area contributed by atoms with Gasteiger partial charge in [-0.05, 0) is 37.7 Å². The maximum atomic E-state index is 12.6. The minimum atomic E-state index is 0.174. The number of guanidine groups is 1. The number of anilines is 1. The van der Waals surface area contributed by atoms with E-state index in [0.717, 1.165) is 51.1 Å². The molecule has 1 amide bonds. The van der Waals surface area contributed by atoms with Gasteiger partial charge < -0.3 is 25.2 Å². The molecular weight excluding hydrogens is 394 g/mol. The molecule has 2 N–H and O–H groups in total. The Balaban J connectivity index is 1.40. The number of aliphatic imine (C=N–C) groups is 1. The van der Waals surface area contributed by atoms with Crippen molar-refractivity contribution in [2.24, 2.45) is 10.4 Å². The lowest BCUT2D eigenvalue weighted by Crippen LogP contribution is -2.50. The molecule has 9 nitrogen and oxygen atoms in total. The van der Waals surface area contributed by atoms with E-state index in [1.807, 2.05) is 11.0 Å². The monoisotopic (exact) mass is 431 g/mol. The number of methoxy groups -OCH3 is 1. The fraction of sp³-hybridized carbons (Fsp3) is 0.727. The van der Waals surface area contributed by atoms with Crippen molar-refractivity contribution >= 4 is 17.8 Å². The van der Waals surface area contributed by atoms with Crippen molar-refractivity contribution in [1.82, 2.24) is 25.5 Å². The third kappa shape index (κ3) is 6.78. The van der Waals surface area contributed by atoms with Gasteiger partial charge in [-0.1, -0.05) is 6.42 Å². The van der Waals surface area contributed by atoms with Crippen molar-refractivity contribution in [3.63, 3.8) is 0 Å². The van der Waals surface area contributed by atoms with Crippen LogP contribution in [0.4, 0.5) is 5.95 Å². The van der Waals surface area contributed by atoms with E-state index in [2.05, 4.69) is 32.4 Å². The predicted octanol–water partition coefficient (Wildman–Crippen LogP) is 1.28. The number of hydrogen-bond donors (Lipinski definition) is 2. The van der Waals surface area contributed by atoms with Gasteiger partial charge in [0.25, 0.3) is 0 Å². The van der Waals surface area contributed by atoms with Crippen LogP contribution in [0.3, 0.4) is 0 Å². The second-order valence-electron chi connectivity index (χ2n) is 8.38. The van der Waals surface area contributed by atoms with Crippen LogP contribution in [-0.4, -0.2) is 86.3 Å². The summed E-state index contributed by atoms with van der Waals surface area (Å²) in [5, 5.41) is 6.63. The van der Waals surface area contributed by atoms with Crippen molar-refractivity contribution < 1.29 is 9.53 Å². The van der Waals surface area contributed by atoms with Crippen molar-refractivity contribution in [2.45, 2.75) is 39.0 Å². The molecule has 2 heterocycles. The molecule has 1 aliphatic heterocycles. The number of hydrogen-bond acceptors (Lipinski definition) is 6. The number of piperazine rings is 1. The van der Waals surface area contributed by atoms with Crippen LogP contribution in [0, 0.1) is 5.41 Å². The molecule has 172 valence electrons. The first-order valence-corrected chi connectivity index (χ1v) is 11.5. The molecular formula is C22H37N7O2.